The highest BCUT2D eigenvalue weighted by Crippen LogP contribution is 2.17. The van der Waals surface area contributed by atoms with E-state index in [9.17, 15) is 14.0 Å². The molecule has 19 heavy (non-hydrogen) atoms. The molecule has 0 unspecified atom stereocenters. The Bertz CT molecular complexity index is 501. The Labute approximate surface area is 111 Å². The van der Waals surface area contributed by atoms with E-state index in [-0.39, 0.29) is 11.5 Å². The highest BCUT2D eigenvalue weighted by Gasteiger charge is 2.25. The van der Waals surface area contributed by atoms with E-state index < -0.39 is 17.3 Å². The Kier molecular flexibility index (Phi) is 4.61. The van der Waals surface area contributed by atoms with E-state index in [4.69, 9.17) is 0 Å². The van der Waals surface area contributed by atoms with Crippen LogP contribution in [0.5, 0.6) is 0 Å². The van der Waals surface area contributed by atoms with Crippen LogP contribution in [-0.2, 0) is 9.53 Å². The van der Waals surface area contributed by atoms with Gasteiger partial charge in [-0.1, -0.05) is 0 Å². The molecule has 2 N–H and O–H groups in total. The van der Waals surface area contributed by atoms with Crippen LogP contribution in [0, 0.1) is 5.82 Å². The lowest BCUT2D eigenvalue weighted by Crippen LogP contribution is -2.47. The minimum absolute atomic E-state index is 0.220. The third-order valence-corrected chi connectivity index (χ3v) is 2.82. The zero-order chi connectivity index (χ0) is 14.6. The predicted molar refractivity (Wildman–Crippen MR) is 69.5 cm³/mol. The van der Waals surface area contributed by atoms with Crippen molar-refractivity contribution in [3.63, 3.8) is 0 Å². The van der Waals surface area contributed by atoms with E-state index in [2.05, 4.69) is 15.4 Å². The highest BCUT2D eigenvalue weighted by atomic mass is 19.1. The number of methoxy groups -OCH3 is 1. The van der Waals surface area contributed by atoms with Crippen LogP contribution < -0.4 is 10.6 Å². The third kappa shape index (κ3) is 3.51. The lowest BCUT2D eigenvalue weighted by molar-refractivity contribution is -0.121. The smallest absolute Gasteiger partial charge is 0.340 e. The number of ether oxygens (including phenoxy) is 1. The van der Waals surface area contributed by atoms with E-state index in [0.29, 0.717) is 5.69 Å². The third-order valence-electron chi connectivity index (χ3n) is 2.82. The van der Waals surface area contributed by atoms with Crippen molar-refractivity contribution in [3.8, 4) is 0 Å². The number of amides is 1. The monoisotopic (exact) mass is 268 g/mol. The molecule has 1 rings (SSSR count). The molecule has 0 aromatic heterocycles. The summed E-state index contributed by atoms with van der Waals surface area (Å²) in [5.74, 6) is -1.78. The Morgan fingerprint density at radius 1 is 1.32 bits per heavy atom. The topological polar surface area (TPSA) is 67.4 Å². The molecule has 0 aliphatic rings. The fraction of sp³-hybridized carbons (Fsp3) is 0.385. The van der Waals surface area contributed by atoms with Crippen LogP contribution in [0.4, 0.5) is 10.1 Å². The van der Waals surface area contributed by atoms with Crippen molar-refractivity contribution in [1.82, 2.24) is 5.32 Å². The first-order valence-electron chi connectivity index (χ1n) is 5.70. The summed E-state index contributed by atoms with van der Waals surface area (Å²) in [4.78, 5) is 23.3. The Hall–Kier alpha value is -1.95. The van der Waals surface area contributed by atoms with Gasteiger partial charge in [0.1, 0.15) is 5.82 Å². The van der Waals surface area contributed by atoms with E-state index in [1.54, 1.807) is 20.9 Å². The molecule has 0 heterocycles. The van der Waals surface area contributed by atoms with Gasteiger partial charge in [0.15, 0.2) is 0 Å². The summed E-state index contributed by atoms with van der Waals surface area (Å²) in [6.45, 7) is 3.40. The highest BCUT2D eigenvalue weighted by molar-refractivity contribution is 5.99. The molecular weight excluding hydrogens is 251 g/mol. The SMILES string of the molecule is CNC(C)(C)C(=O)Nc1ccc(F)c(C(=O)OC)c1. The van der Waals surface area contributed by atoms with E-state index in [1.165, 1.54) is 12.1 Å². The Morgan fingerprint density at radius 3 is 2.47 bits per heavy atom. The van der Waals surface area contributed by atoms with Gasteiger partial charge in [0, 0.05) is 5.69 Å². The minimum atomic E-state index is -0.790. The maximum Gasteiger partial charge on any atom is 0.340 e. The largest absolute Gasteiger partial charge is 0.465 e. The number of halogens is 1. The lowest BCUT2D eigenvalue weighted by Gasteiger charge is -2.22. The van der Waals surface area contributed by atoms with Gasteiger partial charge >= 0.3 is 5.97 Å². The molecule has 0 saturated carbocycles. The average molecular weight is 268 g/mol. The van der Waals surface area contributed by atoms with Crippen molar-refractivity contribution in [2.45, 2.75) is 19.4 Å². The summed E-state index contributed by atoms with van der Waals surface area (Å²) in [6.07, 6.45) is 0. The number of anilines is 1. The number of carbonyl (C=O) groups excluding carboxylic acids is 2. The number of carbonyl (C=O) groups is 2. The van der Waals surface area contributed by atoms with Gasteiger partial charge in [0.05, 0.1) is 18.2 Å². The molecule has 0 saturated heterocycles. The molecule has 5 nitrogen and oxygen atoms in total. The number of rotatable bonds is 4. The summed E-state index contributed by atoms with van der Waals surface area (Å²) >= 11 is 0. The van der Waals surface area contributed by atoms with Gasteiger partial charge in [-0.25, -0.2) is 9.18 Å². The quantitative estimate of drug-likeness (QED) is 0.813. The molecular formula is C13H17FN2O3. The first-order valence-corrected chi connectivity index (χ1v) is 5.70. The summed E-state index contributed by atoms with van der Waals surface area (Å²) in [6, 6.07) is 3.73. The first kappa shape index (κ1) is 15.1. The molecule has 0 atom stereocenters. The average Bonchev–Trinajstić information content (AvgIpc) is 2.39. The van der Waals surface area contributed by atoms with Gasteiger partial charge < -0.3 is 15.4 Å². The molecule has 0 fully saturated rings. The van der Waals surface area contributed by atoms with E-state index in [0.717, 1.165) is 13.2 Å². The summed E-state index contributed by atoms with van der Waals surface area (Å²) in [7, 11) is 2.82. The van der Waals surface area contributed by atoms with Crippen LogP contribution in [0.25, 0.3) is 0 Å². The van der Waals surface area contributed by atoms with Crippen LogP contribution in [0.2, 0.25) is 0 Å². The molecule has 104 valence electrons. The van der Waals surface area contributed by atoms with Crippen LogP contribution in [0.15, 0.2) is 18.2 Å². The van der Waals surface area contributed by atoms with Crippen molar-refractivity contribution in [3.05, 3.63) is 29.6 Å². The maximum atomic E-state index is 13.4. The normalized spacial score (nSPS) is 11.0. The zero-order valence-electron chi connectivity index (χ0n) is 11.3. The van der Waals surface area contributed by atoms with E-state index >= 15 is 0 Å². The minimum Gasteiger partial charge on any atom is -0.465 e. The number of nitrogens with one attached hydrogen (secondary N) is 2. The van der Waals surface area contributed by atoms with Crippen LogP contribution >= 0.6 is 0 Å². The van der Waals surface area contributed by atoms with Crippen LogP contribution in [0.3, 0.4) is 0 Å². The molecule has 0 radical (unpaired) electrons. The van der Waals surface area contributed by atoms with Gasteiger partial charge in [-0.3, -0.25) is 4.79 Å². The number of esters is 1. The first-order chi connectivity index (χ1) is 8.81. The second-order valence-corrected chi connectivity index (χ2v) is 4.52. The summed E-state index contributed by atoms with van der Waals surface area (Å²) in [5.41, 5.74) is -0.669. The van der Waals surface area contributed by atoms with Crippen molar-refractivity contribution in [1.29, 1.82) is 0 Å². The molecule has 0 bridgehead atoms. The standard InChI is InChI=1S/C13H17FN2O3/c1-13(2,15-3)12(18)16-8-5-6-10(14)9(7-8)11(17)19-4/h5-7,15H,1-4H3,(H,16,18). The second kappa shape index (κ2) is 5.79. The van der Waals surface area contributed by atoms with Gasteiger partial charge in [0.25, 0.3) is 0 Å². The number of benzene rings is 1. The van der Waals surface area contributed by atoms with Crippen molar-refractivity contribution in [2.24, 2.45) is 0 Å². The summed E-state index contributed by atoms with van der Waals surface area (Å²) in [5, 5.41) is 5.45. The Balaban J connectivity index is 2.98. The molecule has 1 aromatic carbocycles. The van der Waals surface area contributed by atoms with Gasteiger partial charge in [-0.15, -0.1) is 0 Å². The summed E-state index contributed by atoms with van der Waals surface area (Å²) < 4.78 is 17.9. The predicted octanol–water partition coefficient (Wildman–Crippen LogP) is 1.55. The fourth-order valence-electron chi connectivity index (χ4n) is 1.27. The molecule has 1 aromatic rings. The fourth-order valence-corrected chi connectivity index (χ4v) is 1.27. The van der Waals surface area contributed by atoms with Gasteiger partial charge in [0.2, 0.25) is 5.91 Å². The van der Waals surface area contributed by atoms with E-state index in [1.807, 2.05) is 0 Å². The Morgan fingerprint density at radius 2 is 1.95 bits per heavy atom. The molecule has 0 aliphatic heterocycles. The van der Waals surface area contributed by atoms with Crippen LogP contribution in [0.1, 0.15) is 24.2 Å². The van der Waals surface area contributed by atoms with Crippen molar-refractivity contribution in [2.75, 3.05) is 19.5 Å². The molecule has 6 heteroatoms. The van der Waals surface area contributed by atoms with Crippen molar-refractivity contribution >= 4 is 17.6 Å². The molecule has 1 amide bonds. The van der Waals surface area contributed by atoms with Crippen LogP contribution in [-0.4, -0.2) is 31.6 Å². The van der Waals surface area contributed by atoms with Gasteiger partial charge in [-0.05, 0) is 39.1 Å². The number of likely N-dealkylation sites (N-methyl/N-ethyl adjacent to an activating group) is 1. The molecule has 0 spiro atoms. The zero-order valence-corrected chi connectivity index (χ0v) is 11.3. The lowest BCUT2D eigenvalue weighted by atomic mass is 10.0. The maximum absolute atomic E-state index is 13.4. The van der Waals surface area contributed by atoms with Crippen molar-refractivity contribution < 1.29 is 18.7 Å². The number of hydrogen-bond acceptors (Lipinski definition) is 4. The second-order valence-electron chi connectivity index (χ2n) is 4.52. The van der Waals surface area contributed by atoms with Gasteiger partial charge in [-0.2, -0.15) is 0 Å². The molecule has 0 aliphatic carbocycles. The number of hydrogen-bond donors (Lipinski definition) is 2.